The summed E-state index contributed by atoms with van der Waals surface area (Å²) in [6.07, 6.45) is 18.1. The second-order valence-corrected chi connectivity index (χ2v) is 12.8. The van der Waals surface area contributed by atoms with Gasteiger partial charge >= 0.3 is 16.5 Å². The molecule has 0 N–H and O–H groups in total. The van der Waals surface area contributed by atoms with Crippen LogP contribution in [0.3, 0.4) is 0 Å². The summed E-state index contributed by atoms with van der Waals surface area (Å²) in [6.45, 7) is 17.1. The third kappa shape index (κ3) is 13.9. The molecular weight excluding hydrogens is 635 g/mol. The van der Waals surface area contributed by atoms with Crippen molar-refractivity contribution in [3.8, 4) is 11.5 Å². The first kappa shape index (κ1) is 43.1. The predicted octanol–water partition coefficient (Wildman–Crippen LogP) is 11.2. The summed E-state index contributed by atoms with van der Waals surface area (Å²) in [6, 6.07) is 15.4. The molecule has 0 spiro atoms. The van der Waals surface area contributed by atoms with Crippen LogP contribution < -0.4 is 10.2 Å². The van der Waals surface area contributed by atoms with E-state index in [9.17, 15) is 10.2 Å². The number of hydrogen-bond donors (Lipinski definition) is 0. The van der Waals surface area contributed by atoms with Gasteiger partial charge in [-0.25, -0.2) is 0 Å². The van der Waals surface area contributed by atoms with Crippen molar-refractivity contribution in [3.63, 3.8) is 0 Å². The van der Waals surface area contributed by atoms with Crippen molar-refractivity contribution in [2.75, 3.05) is 0 Å². The molecule has 0 saturated carbocycles. The second-order valence-electron chi connectivity index (χ2n) is 12.8. The van der Waals surface area contributed by atoms with E-state index < -0.39 is 0 Å². The van der Waals surface area contributed by atoms with E-state index in [1.807, 2.05) is 19.2 Å². The molecule has 5 heteroatoms. The molecule has 48 heavy (non-hydrogen) atoms. The smallest absolute Gasteiger partial charge is 0.873 e. The van der Waals surface area contributed by atoms with Gasteiger partial charge in [-0.2, -0.15) is 0 Å². The van der Waals surface area contributed by atoms with Gasteiger partial charge in [-0.1, -0.05) is 116 Å². The maximum Gasteiger partial charge on any atom is 2.00 e. The minimum atomic E-state index is -0.305. The minimum Gasteiger partial charge on any atom is -0.873 e. The fourth-order valence-corrected chi connectivity index (χ4v) is 5.99. The maximum absolute atomic E-state index is 11.7. The molecule has 3 rings (SSSR count). The first-order valence-corrected chi connectivity index (χ1v) is 18.6. The van der Waals surface area contributed by atoms with Crippen LogP contribution in [0.5, 0.6) is 11.5 Å². The Labute approximate surface area is 303 Å². The van der Waals surface area contributed by atoms with Crippen LogP contribution >= 0.6 is 0 Å². The fourth-order valence-electron chi connectivity index (χ4n) is 5.99. The van der Waals surface area contributed by atoms with Crippen LogP contribution in [0.15, 0.2) is 52.4 Å². The average Bonchev–Trinajstić information content (AvgIpc) is 3.07. The Balaban J connectivity index is 0.000000604. The minimum absolute atomic E-state index is 0. The zero-order valence-electron chi connectivity index (χ0n) is 31.3. The molecule has 0 unspecified atom stereocenters. The maximum atomic E-state index is 11.7. The van der Waals surface area contributed by atoms with Gasteiger partial charge in [0.2, 0.25) is 0 Å². The topological polar surface area (TPSA) is 70.8 Å². The largest absolute Gasteiger partial charge is 2.00 e. The van der Waals surface area contributed by atoms with Crippen LogP contribution in [0, 0.1) is 6.92 Å². The molecule has 0 aliphatic heterocycles. The molecular formula is C43H62N2NiO2. The van der Waals surface area contributed by atoms with E-state index >= 15 is 0 Å². The molecule has 0 aromatic heterocycles. The number of hydrogen-bond acceptors (Lipinski definition) is 4. The van der Waals surface area contributed by atoms with Crippen LogP contribution in [-0.4, -0.2) is 11.9 Å². The van der Waals surface area contributed by atoms with Crippen molar-refractivity contribution < 1.29 is 26.7 Å². The summed E-state index contributed by atoms with van der Waals surface area (Å²) in [5, 5.41) is 23.3. The predicted molar refractivity (Wildman–Crippen MR) is 202 cm³/mol. The zero-order chi connectivity index (χ0) is 34.6. The Bertz CT molecular complexity index is 1430. The Morgan fingerprint density at radius 3 is 1.60 bits per heavy atom. The standard InChI is InChI=1S/C30H44N2.C13H20O2.Ni/c1-6-11-16-30(32-29-20-18-25(13-8-3)27(22-29)15-10-5)23-31-28-19-17-24(12-7-2)26(21-28)14-9-4;1-4-6-7-11-8-10(5-2)9(3)12(14)13(11)15;/h17-23H,6-16H2,1-5H3;8,14-15H,4-7H2,1-3H3;/q;;+2/p-2. The average molecular weight is 698 g/mol. The molecule has 0 radical (unpaired) electrons. The zero-order valence-corrected chi connectivity index (χ0v) is 32.2. The normalized spacial score (nSPS) is 11.4. The van der Waals surface area contributed by atoms with Crippen molar-refractivity contribution in [2.45, 2.75) is 152 Å². The molecule has 266 valence electrons. The van der Waals surface area contributed by atoms with Crippen LogP contribution in [0.2, 0.25) is 0 Å². The van der Waals surface area contributed by atoms with E-state index in [1.54, 1.807) is 6.92 Å². The van der Waals surface area contributed by atoms with E-state index in [0.717, 1.165) is 93.3 Å². The van der Waals surface area contributed by atoms with Gasteiger partial charge in [-0.3, -0.25) is 9.98 Å². The molecule has 0 amide bonds. The number of unbranched alkanes of at least 4 members (excludes halogenated alkanes) is 2. The van der Waals surface area contributed by atoms with Gasteiger partial charge in [-0.15, -0.1) is 11.5 Å². The molecule has 3 aromatic rings. The van der Waals surface area contributed by atoms with Gasteiger partial charge in [0.1, 0.15) is 0 Å². The quantitative estimate of drug-likeness (QED) is 0.0980. The van der Waals surface area contributed by atoms with Gasteiger partial charge in [0.25, 0.3) is 0 Å². The van der Waals surface area contributed by atoms with Gasteiger partial charge in [-0.05, 0) is 117 Å². The molecule has 4 nitrogen and oxygen atoms in total. The number of benzene rings is 3. The van der Waals surface area contributed by atoms with Crippen molar-refractivity contribution >= 4 is 23.3 Å². The van der Waals surface area contributed by atoms with E-state index in [1.165, 1.54) is 47.9 Å². The second kappa shape index (κ2) is 24.3. The van der Waals surface area contributed by atoms with E-state index in [0.29, 0.717) is 11.1 Å². The Morgan fingerprint density at radius 2 is 1.08 bits per heavy atom. The summed E-state index contributed by atoms with van der Waals surface area (Å²) in [4.78, 5) is 9.88. The number of aliphatic imine (C=N–C) groups is 2. The van der Waals surface area contributed by atoms with Crippen molar-refractivity contribution in [3.05, 3.63) is 81.4 Å². The summed E-state index contributed by atoms with van der Waals surface area (Å²) in [5.41, 5.74) is 11.4. The van der Waals surface area contributed by atoms with Crippen LogP contribution in [0.25, 0.3) is 0 Å². The van der Waals surface area contributed by atoms with E-state index in [-0.39, 0.29) is 28.0 Å². The third-order valence-electron chi connectivity index (χ3n) is 8.73. The van der Waals surface area contributed by atoms with Gasteiger partial charge in [0.15, 0.2) is 0 Å². The van der Waals surface area contributed by atoms with Gasteiger partial charge < -0.3 is 10.2 Å². The van der Waals surface area contributed by atoms with Crippen LogP contribution in [-0.2, 0) is 55.0 Å². The fraction of sp³-hybridized carbons (Fsp3) is 0.535. The molecule has 0 aliphatic rings. The van der Waals surface area contributed by atoms with Crippen LogP contribution in [0.1, 0.15) is 145 Å². The number of aryl methyl sites for hydroxylation is 6. The number of nitrogens with zero attached hydrogens (tertiary/aromatic N) is 2. The Morgan fingerprint density at radius 1 is 0.562 bits per heavy atom. The Kier molecular flexibility index (Phi) is 21.8. The van der Waals surface area contributed by atoms with Crippen molar-refractivity contribution in [1.82, 2.24) is 0 Å². The monoisotopic (exact) mass is 696 g/mol. The van der Waals surface area contributed by atoms with Crippen LogP contribution in [0.4, 0.5) is 11.4 Å². The molecule has 0 heterocycles. The van der Waals surface area contributed by atoms with Gasteiger partial charge in [0, 0.05) is 6.21 Å². The first-order chi connectivity index (χ1) is 22.8. The van der Waals surface area contributed by atoms with Crippen molar-refractivity contribution in [2.24, 2.45) is 9.98 Å². The summed E-state index contributed by atoms with van der Waals surface area (Å²) in [5.74, 6) is -0.599. The third-order valence-corrected chi connectivity index (χ3v) is 8.73. The molecule has 0 bridgehead atoms. The summed E-state index contributed by atoms with van der Waals surface area (Å²) in [7, 11) is 0. The first-order valence-electron chi connectivity index (χ1n) is 18.6. The van der Waals surface area contributed by atoms with Crippen molar-refractivity contribution in [1.29, 1.82) is 0 Å². The van der Waals surface area contributed by atoms with E-state index in [2.05, 4.69) is 77.9 Å². The number of rotatable bonds is 18. The molecule has 0 atom stereocenters. The molecule has 0 aliphatic carbocycles. The summed E-state index contributed by atoms with van der Waals surface area (Å²) < 4.78 is 0. The summed E-state index contributed by atoms with van der Waals surface area (Å²) >= 11 is 0. The van der Waals surface area contributed by atoms with Gasteiger partial charge in [0.05, 0.1) is 17.1 Å². The van der Waals surface area contributed by atoms with E-state index in [4.69, 9.17) is 9.98 Å². The SMILES string of the molecule is CCCCC(C=Nc1ccc(CCC)c(CCC)c1)=Nc1ccc(CCC)c(CCC)c1.CCCCc1cc(CC)c(C)c([O-])c1[O-].[Ni+2]. The Hall–Kier alpha value is -2.91. The molecule has 0 fully saturated rings. The molecule has 3 aromatic carbocycles. The molecule has 0 saturated heterocycles.